The van der Waals surface area contributed by atoms with Gasteiger partial charge in [0, 0.05) is 30.6 Å². The van der Waals surface area contributed by atoms with E-state index in [1.165, 1.54) is 36.0 Å². The van der Waals surface area contributed by atoms with Crippen LogP contribution in [0.1, 0.15) is 146 Å². The van der Waals surface area contributed by atoms with Crippen molar-refractivity contribution < 1.29 is 14.3 Å². The maximum Gasteiger partial charge on any atom is 0.226 e. The Balaban J connectivity index is 0.943. The molecule has 5 N–H and O–H groups in total. The third-order valence-corrected chi connectivity index (χ3v) is 19.4. The highest BCUT2D eigenvalue weighted by Crippen LogP contribution is 2.75. The first-order valence-electron chi connectivity index (χ1n) is 24.3. The number of hydrogen-bond donors (Lipinski definition) is 4. The largest absolute Gasteiger partial charge is 0.381 e. The molecule has 60 heavy (non-hydrogen) atoms. The summed E-state index contributed by atoms with van der Waals surface area (Å²) in [6.45, 7) is 5.38. The summed E-state index contributed by atoms with van der Waals surface area (Å²) >= 11 is 6.65. The number of alkyl halides is 1. The summed E-state index contributed by atoms with van der Waals surface area (Å²) in [6, 6.07) is 22.2. The lowest BCUT2D eigenvalue weighted by Crippen LogP contribution is -2.68. The normalized spacial score (nSPS) is 45.6. The number of amides is 2. The molecular formula is C52H71ClN4O3. The van der Waals surface area contributed by atoms with Crippen molar-refractivity contribution in [2.45, 2.75) is 163 Å². The predicted octanol–water partition coefficient (Wildman–Crippen LogP) is 8.59. The number of nitrogens with one attached hydrogen (secondary N) is 3. The standard InChI is InChI=1S/C52H71ClN4O3/c1-2-60-34-47-27-50(38-6-4-3-5-7-38)31-51(28-47,33-52(29-47,32-50)45(59)56-41-14-8-35(23-54)9-15-41)40-12-10-39(11-13-40)48-21-37-20-46(25-48,16-17-53)26-49(22-37,30-48)44(58)57-43-19-36-18-42(43)55-24-36/h3-7,10-13,35-37,41-43,55H,2,8-9,14-34,54H2,1H3,(H,56,59)(H,57,58)/t35?,36?,37?,41?,42?,43?,46-,47-,48-,49?,50+,51?,52?/m1/s1. The SMILES string of the molecule is CCOC[C@@]12CC3(C(=O)NC4CCC(CN)CC4)CC(c4ccc([C@]56CC7CC(C(=O)NC8CC9CNC8C9)(C[C@](CCCl)(C7)C5)C6)cc4)(C1)C[C@](c1ccccc1)(C3)C2. The first-order valence-corrected chi connectivity index (χ1v) is 24.9. The first-order chi connectivity index (χ1) is 29.0. The molecule has 10 saturated carbocycles. The van der Waals surface area contributed by atoms with Gasteiger partial charge < -0.3 is 26.4 Å². The van der Waals surface area contributed by atoms with Crippen LogP contribution in [-0.4, -0.2) is 62.1 Å². The van der Waals surface area contributed by atoms with Crippen LogP contribution in [-0.2, 0) is 30.6 Å². The van der Waals surface area contributed by atoms with Crippen molar-refractivity contribution in [1.82, 2.24) is 16.0 Å². The van der Waals surface area contributed by atoms with Gasteiger partial charge in [-0.3, -0.25) is 9.59 Å². The Bertz CT molecular complexity index is 1970. The number of halogens is 1. The molecule has 10 bridgehead atoms. The van der Waals surface area contributed by atoms with Gasteiger partial charge in [0.1, 0.15) is 0 Å². The zero-order valence-electron chi connectivity index (χ0n) is 36.3. The fraction of sp³-hybridized carbons (Fsp3) is 0.731. The Morgan fingerprint density at radius 3 is 2.02 bits per heavy atom. The van der Waals surface area contributed by atoms with Crippen LogP contribution in [0.25, 0.3) is 0 Å². The molecule has 11 aliphatic rings. The maximum absolute atomic E-state index is 15.2. The van der Waals surface area contributed by atoms with Crippen molar-refractivity contribution in [2.24, 2.45) is 45.1 Å². The van der Waals surface area contributed by atoms with E-state index in [0.717, 1.165) is 116 Å². The highest BCUT2D eigenvalue weighted by molar-refractivity contribution is 6.17. The number of carbonyl (C=O) groups excluding carboxylic acids is 2. The van der Waals surface area contributed by atoms with Crippen LogP contribution in [0.3, 0.4) is 0 Å². The first kappa shape index (κ1) is 40.3. The Kier molecular flexibility index (Phi) is 9.77. The van der Waals surface area contributed by atoms with Gasteiger partial charge in [-0.05, 0) is 204 Å². The second-order valence-corrected chi connectivity index (χ2v) is 23.7. The minimum absolute atomic E-state index is 0.0127. The van der Waals surface area contributed by atoms with Gasteiger partial charge in [-0.25, -0.2) is 0 Å². The van der Waals surface area contributed by atoms with E-state index in [4.69, 9.17) is 22.1 Å². The third kappa shape index (κ3) is 6.41. The van der Waals surface area contributed by atoms with Crippen molar-refractivity contribution in [2.75, 3.05) is 32.2 Å². The van der Waals surface area contributed by atoms with Crippen LogP contribution in [0.5, 0.6) is 0 Å². The van der Waals surface area contributed by atoms with Crippen molar-refractivity contribution >= 4 is 23.4 Å². The Labute approximate surface area is 364 Å². The number of piperidine rings is 1. The summed E-state index contributed by atoms with van der Waals surface area (Å²) in [7, 11) is 0. The van der Waals surface area contributed by atoms with Crippen molar-refractivity contribution in [3.8, 4) is 0 Å². The quantitative estimate of drug-likeness (QED) is 0.152. The molecule has 7 unspecified atom stereocenters. The molecule has 2 amide bonds. The van der Waals surface area contributed by atoms with E-state index in [0.29, 0.717) is 54.7 Å². The number of benzene rings is 2. The number of ether oxygens (including phenoxy) is 1. The molecule has 0 spiro atoms. The predicted molar refractivity (Wildman–Crippen MR) is 238 cm³/mol. The molecule has 1 aliphatic heterocycles. The van der Waals surface area contributed by atoms with E-state index >= 15 is 4.79 Å². The molecule has 324 valence electrons. The lowest BCUT2D eigenvalue weighted by atomic mass is 9.33. The van der Waals surface area contributed by atoms with E-state index in [1.807, 2.05) is 0 Å². The molecule has 2 aromatic carbocycles. The van der Waals surface area contributed by atoms with Gasteiger partial charge in [0.2, 0.25) is 11.8 Å². The fourth-order valence-corrected chi connectivity index (χ4v) is 18.4. The molecule has 7 nitrogen and oxygen atoms in total. The van der Waals surface area contributed by atoms with Gasteiger partial charge in [0.05, 0.1) is 17.4 Å². The van der Waals surface area contributed by atoms with Gasteiger partial charge in [0.25, 0.3) is 0 Å². The van der Waals surface area contributed by atoms with Crippen LogP contribution < -0.4 is 21.7 Å². The Morgan fingerprint density at radius 2 is 1.37 bits per heavy atom. The Hall–Kier alpha value is -2.45. The summed E-state index contributed by atoms with van der Waals surface area (Å²) in [5.74, 6) is 3.14. The third-order valence-electron chi connectivity index (χ3n) is 19.2. The zero-order chi connectivity index (χ0) is 41.0. The molecule has 10 aliphatic carbocycles. The van der Waals surface area contributed by atoms with Gasteiger partial charge in [-0.1, -0.05) is 54.6 Å². The van der Waals surface area contributed by atoms with Crippen LogP contribution in [0.15, 0.2) is 54.6 Å². The number of rotatable bonds is 13. The van der Waals surface area contributed by atoms with Gasteiger partial charge >= 0.3 is 0 Å². The second-order valence-electron chi connectivity index (χ2n) is 23.3. The van der Waals surface area contributed by atoms with Crippen LogP contribution in [0, 0.1) is 39.4 Å². The van der Waals surface area contributed by atoms with Crippen LogP contribution >= 0.6 is 11.6 Å². The minimum atomic E-state index is -0.451. The summed E-state index contributed by atoms with van der Waals surface area (Å²) in [5.41, 5.74) is 9.36. The van der Waals surface area contributed by atoms with Crippen molar-refractivity contribution in [3.63, 3.8) is 0 Å². The highest BCUT2D eigenvalue weighted by atomic mass is 35.5. The number of carbonyl (C=O) groups is 2. The number of hydrogen-bond acceptors (Lipinski definition) is 5. The lowest BCUT2D eigenvalue weighted by Gasteiger charge is -2.70. The second kappa shape index (κ2) is 14.5. The summed E-state index contributed by atoms with van der Waals surface area (Å²) in [4.78, 5) is 29.9. The van der Waals surface area contributed by atoms with Crippen LogP contribution in [0.2, 0.25) is 0 Å². The topological polar surface area (TPSA) is 105 Å². The average Bonchev–Trinajstić information content (AvgIpc) is 3.87. The summed E-state index contributed by atoms with van der Waals surface area (Å²) in [5, 5.41) is 11.1. The van der Waals surface area contributed by atoms with Gasteiger partial charge in [-0.15, -0.1) is 11.6 Å². The Morgan fingerprint density at radius 1 is 0.717 bits per heavy atom. The zero-order valence-corrected chi connectivity index (χ0v) is 37.1. The molecule has 1 saturated heterocycles. The molecule has 8 heteroatoms. The van der Waals surface area contributed by atoms with E-state index in [2.05, 4.69) is 77.5 Å². The average molecular weight is 836 g/mol. The molecule has 13 rings (SSSR count). The van der Waals surface area contributed by atoms with E-state index in [9.17, 15) is 4.79 Å². The fourth-order valence-electron chi connectivity index (χ4n) is 18.0. The van der Waals surface area contributed by atoms with Crippen molar-refractivity contribution in [1.29, 1.82) is 0 Å². The number of fused-ring (bicyclic) bond motifs is 2. The molecular weight excluding hydrogens is 764 g/mol. The molecule has 1 heterocycles. The number of nitrogens with two attached hydrogens (primary N) is 1. The van der Waals surface area contributed by atoms with E-state index in [1.54, 1.807) is 0 Å². The molecule has 11 atom stereocenters. The minimum Gasteiger partial charge on any atom is -0.381 e. The lowest BCUT2D eigenvalue weighted by molar-refractivity contribution is -0.180. The van der Waals surface area contributed by atoms with Crippen LogP contribution in [0.4, 0.5) is 0 Å². The van der Waals surface area contributed by atoms with E-state index < -0.39 is 5.41 Å². The highest BCUT2D eigenvalue weighted by Gasteiger charge is 2.71. The monoisotopic (exact) mass is 835 g/mol. The van der Waals surface area contributed by atoms with Gasteiger partial charge in [0.15, 0.2) is 0 Å². The molecule has 2 aromatic rings. The van der Waals surface area contributed by atoms with E-state index in [-0.39, 0.29) is 44.6 Å². The summed E-state index contributed by atoms with van der Waals surface area (Å²) in [6.07, 6.45) is 20.1. The maximum atomic E-state index is 15.2. The summed E-state index contributed by atoms with van der Waals surface area (Å²) < 4.78 is 6.46. The van der Waals surface area contributed by atoms with Gasteiger partial charge in [-0.2, -0.15) is 0 Å². The molecule has 0 radical (unpaired) electrons. The molecule has 11 fully saturated rings. The molecule has 0 aromatic heterocycles. The van der Waals surface area contributed by atoms with Crippen molar-refractivity contribution in [3.05, 3.63) is 71.3 Å². The smallest absolute Gasteiger partial charge is 0.226 e.